The molecule has 0 aliphatic rings. The summed E-state index contributed by atoms with van der Waals surface area (Å²) in [5.74, 6) is -1.05. The lowest BCUT2D eigenvalue weighted by Crippen LogP contribution is -2.48. The second-order valence-corrected chi connectivity index (χ2v) is 6.15. The van der Waals surface area contributed by atoms with Crippen molar-refractivity contribution >= 4 is 17.7 Å². The summed E-state index contributed by atoms with van der Waals surface area (Å²) >= 11 is 0. The van der Waals surface area contributed by atoms with Gasteiger partial charge in [-0.05, 0) is 18.1 Å². The van der Waals surface area contributed by atoms with Crippen molar-refractivity contribution in [3.8, 4) is 0 Å². The van der Waals surface area contributed by atoms with Crippen LogP contribution in [0.4, 0.5) is 0 Å². The van der Waals surface area contributed by atoms with Crippen LogP contribution >= 0.6 is 0 Å². The molecule has 0 unspecified atom stereocenters. The van der Waals surface area contributed by atoms with Gasteiger partial charge in [-0.2, -0.15) is 0 Å². The van der Waals surface area contributed by atoms with Crippen molar-refractivity contribution in [2.75, 3.05) is 26.7 Å². The van der Waals surface area contributed by atoms with E-state index in [9.17, 15) is 14.4 Å². The molecule has 138 valence electrons. The Morgan fingerprint density at radius 1 is 1.20 bits per heavy atom. The van der Waals surface area contributed by atoms with Gasteiger partial charge in [0, 0.05) is 31.9 Å². The molecule has 0 saturated carbocycles. The first-order valence-electron chi connectivity index (χ1n) is 8.25. The predicted octanol–water partition coefficient (Wildman–Crippen LogP) is -0.702. The lowest BCUT2D eigenvalue weighted by Gasteiger charge is -2.18. The molecule has 0 radical (unpaired) electrons. The van der Waals surface area contributed by atoms with Crippen molar-refractivity contribution < 1.29 is 14.4 Å². The van der Waals surface area contributed by atoms with Crippen molar-refractivity contribution in [2.24, 2.45) is 11.7 Å². The molecule has 0 bridgehead atoms. The Bertz CT molecular complexity index is 577. The van der Waals surface area contributed by atoms with Gasteiger partial charge in [-0.15, -0.1) is 0 Å². The van der Waals surface area contributed by atoms with E-state index in [1.54, 1.807) is 13.2 Å². The summed E-state index contributed by atoms with van der Waals surface area (Å²) in [5, 5.41) is 4.94. The highest BCUT2D eigenvalue weighted by molar-refractivity contribution is 5.89. The Labute approximate surface area is 148 Å². The number of hydrogen-bond donors (Lipinski definition) is 3. The topological polar surface area (TPSA) is 117 Å². The van der Waals surface area contributed by atoms with Crippen molar-refractivity contribution in [2.45, 2.75) is 26.3 Å². The van der Waals surface area contributed by atoms with Crippen LogP contribution < -0.4 is 16.4 Å². The van der Waals surface area contributed by atoms with E-state index in [1.165, 1.54) is 4.90 Å². The molecule has 0 spiro atoms. The van der Waals surface area contributed by atoms with E-state index in [1.807, 2.05) is 32.0 Å². The maximum absolute atomic E-state index is 12.0. The summed E-state index contributed by atoms with van der Waals surface area (Å²) in [6, 6.07) is 4.96. The maximum atomic E-state index is 12.0. The van der Waals surface area contributed by atoms with E-state index in [2.05, 4.69) is 15.6 Å². The number of carbonyl (C=O) groups is 3. The maximum Gasteiger partial charge on any atom is 0.241 e. The third-order valence-corrected chi connectivity index (χ3v) is 3.74. The normalized spacial score (nSPS) is 11.7. The van der Waals surface area contributed by atoms with Gasteiger partial charge in [0.15, 0.2) is 0 Å². The molecule has 25 heavy (non-hydrogen) atoms. The van der Waals surface area contributed by atoms with Crippen LogP contribution in [0.15, 0.2) is 24.4 Å². The first-order chi connectivity index (χ1) is 11.8. The molecule has 1 heterocycles. The summed E-state index contributed by atoms with van der Waals surface area (Å²) in [5.41, 5.74) is 6.58. The third kappa shape index (κ3) is 7.75. The van der Waals surface area contributed by atoms with Crippen molar-refractivity contribution in [1.82, 2.24) is 20.5 Å². The van der Waals surface area contributed by atoms with Crippen LogP contribution in [0.1, 0.15) is 19.5 Å². The van der Waals surface area contributed by atoms with Gasteiger partial charge in [0.25, 0.3) is 0 Å². The van der Waals surface area contributed by atoms with E-state index in [0.29, 0.717) is 13.0 Å². The fourth-order valence-corrected chi connectivity index (χ4v) is 1.91. The molecule has 1 aromatic rings. The van der Waals surface area contributed by atoms with E-state index in [4.69, 9.17) is 5.73 Å². The van der Waals surface area contributed by atoms with Crippen LogP contribution in [0.2, 0.25) is 0 Å². The third-order valence-electron chi connectivity index (χ3n) is 3.74. The molecule has 1 aromatic heterocycles. The zero-order valence-electron chi connectivity index (χ0n) is 15.0. The average molecular weight is 349 g/mol. The molecule has 0 fully saturated rings. The van der Waals surface area contributed by atoms with Crippen LogP contribution in [0.25, 0.3) is 0 Å². The monoisotopic (exact) mass is 349 g/mol. The van der Waals surface area contributed by atoms with Crippen LogP contribution in [-0.2, 0) is 20.8 Å². The number of likely N-dealkylation sites (N-methyl/N-ethyl adjacent to an activating group) is 1. The first-order valence-corrected chi connectivity index (χ1v) is 8.25. The molecule has 8 heteroatoms. The van der Waals surface area contributed by atoms with E-state index in [-0.39, 0.29) is 30.8 Å². The number of amides is 3. The highest BCUT2D eigenvalue weighted by Crippen LogP contribution is 1.98. The Morgan fingerprint density at radius 3 is 2.52 bits per heavy atom. The minimum atomic E-state index is -0.660. The van der Waals surface area contributed by atoms with Crippen LogP contribution in [-0.4, -0.2) is 60.3 Å². The van der Waals surface area contributed by atoms with Crippen molar-refractivity contribution in [3.63, 3.8) is 0 Å². The van der Waals surface area contributed by atoms with Crippen molar-refractivity contribution in [3.05, 3.63) is 30.1 Å². The highest BCUT2D eigenvalue weighted by Gasteiger charge is 2.18. The number of hydrogen-bond acceptors (Lipinski definition) is 5. The summed E-state index contributed by atoms with van der Waals surface area (Å²) in [6.45, 7) is 3.83. The first kappa shape index (κ1) is 20.6. The van der Waals surface area contributed by atoms with Gasteiger partial charge >= 0.3 is 0 Å². The predicted molar refractivity (Wildman–Crippen MR) is 94.4 cm³/mol. The SMILES string of the molecule is CC(C)[C@H](N)C(=O)NCC(=O)NCC(=O)N(C)CCc1ccccn1. The number of nitrogens with one attached hydrogen (secondary N) is 2. The van der Waals surface area contributed by atoms with E-state index in [0.717, 1.165) is 5.69 Å². The van der Waals surface area contributed by atoms with Gasteiger partial charge in [-0.3, -0.25) is 19.4 Å². The molecule has 1 atom stereocenters. The van der Waals surface area contributed by atoms with Crippen LogP contribution in [0.3, 0.4) is 0 Å². The van der Waals surface area contributed by atoms with Gasteiger partial charge in [0.2, 0.25) is 17.7 Å². The number of carbonyl (C=O) groups excluding carboxylic acids is 3. The summed E-state index contributed by atoms with van der Waals surface area (Å²) < 4.78 is 0. The number of nitrogens with zero attached hydrogens (tertiary/aromatic N) is 2. The standard InChI is InChI=1S/C17H27N5O3/c1-12(2)16(18)17(25)21-10-14(23)20-11-15(24)22(3)9-7-13-6-4-5-8-19-13/h4-6,8,12,16H,7,9-11,18H2,1-3H3,(H,20,23)(H,21,25)/t16-/m0/s1. The zero-order valence-corrected chi connectivity index (χ0v) is 15.0. The molecule has 8 nitrogen and oxygen atoms in total. The van der Waals surface area contributed by atoms with Crippen LogP contribution in [0, 0.1) is 5.92 Å². The van der Waals surface area contributed by atoms with Gasteiger partial charge in [0.1, 0.15) is 0 Å². The van der Waals surface area contributed by atoms with Gasteiger partial charge in [-0.25, -0.2) is 0 Å². The molecule has 0 aliphatic heterocycles. The van der Waals surface area contributed by atoms with Crippen molar-refractivity contribution in [1.29, 1.82) is 0 Å². The van der Waals surface area contributed by atoms with E-state index < -0.39 is 11.9 Å². The second-order valence-electron chi connectivity index (χ2n) is 6.15. The summed E-state index contributed by atoms with van der Waals surface area (Å²) in [6.07, 6.45) is 2.34. The quantitative estimate of drug-likeness (QED) is 0.545. The number of nitrogens with two attached hydrogens (primary N) is 1. The lowest BCUT2D eigenvalue weighted by atomic mass is 10.1. The fourth-order valence-electron chi connectivity index (χ4n) is 1.91. The highest BCUT2D eigenvalue weighted by atomic mass is 16.2. The largest absolute Gasteiger partial charge is 0.346 e. The number of pyridine rings is 1. The molecule has 4 N–H and O–H groups in total. The lowest BCUT2D eigenvalue weighted by molar-refractivity contribution is -0.132. The molecule has 1 rings (SSSR count). The van der Waals surface area contributed by atoms with Gasteiger partial charge in [-0.1, -0.05) is 19.9 Å². The molecule has 3 amide bonds. The Balaban J connectivity index is 2.25. The minimum Gasteiger partial charge on any atom is -0.346 e. The Kier molecular flexibility index (Phi) is 8.55. The Morgan fingerprint density at radius 2 is 1.92 bits per heavy atom. The zero-order chi connectivity index (χ0) is 18.8. The number of rotatable bonds is 9. The van der Waals surface area contributed by atoms with Crippen LogP contribution in [0.5, 0.6) is 0 Å². The summed E-state index contributed by atoms with van der Waals surface area (Å²) in [7, 11) is 1.67. The van der Waals surface area contributed by atoms with E-state index >= 15 is 0 Å². The van der Waals surface area contributed by atoms with Gasteiger partial charge in [0.05, 0.1) is 19.1 Å². The minimum absolute atomic E-state index is 0.0163. The summed E-state index contributed by atoms with van der Waals surface area (Å²) in [4.78, 5) is 41.1. The second kappa shape index (κ2) is 10.4. The molecule has 0 aromatic carbocycles. The smallest absolute Gasteiger partial charge is 0.241 e. The van der Waals surface area contributed by atoms with Gasteiger partial charge < -0.3 is 21.3 Å². The molecule has 0 saturated heterocycles. The molecular weight excluding hydrogens is 322 g/mol. The number of aromatic nitrogens is 1. The molecule has 0 aliphatic carbocycles. The molecular formula is C17H27N5O3. The Hall–Kier alpha value is -2.48. The average Bonchev–Trinajstić information content (AvgIpc) is 2.62. The fraction of sp³-hybridized carbons (Fsp3) is 0.529.